The monoisotopic (exact) mass is 262 g/mol. The zero-order valence-electron chi connectivity index (χ0n) is 12.2. The molecule has 2 amide bonds. The van der Waals surface area contributed by atoms with Crippen molar-refractivity contribution < 1.29 is 9.59 Å². The van der Waals surface area contributed by atoms with Crippen LogP contribution in [0.1, 0.15) is 55.3 Å². The van der Waals surface area contributed by atoms with Gasteiger partial charge in [0.2, 0.25) is 0 Å². The van der Waals surface area contributed by atoms with Crippen LogP contribution in [0.4, 0.5) is 0 Å². The summed E-state index contributed by atoms with van der Waals surface area (Å²) >= 11 is 0. The van der Waals surface area contributed by atoms with Crippen molar-refractivity contribution >= 4 is 11.8 Å². The lowest BCUT2D eigenvalue weighted by molar-refractivity contribution is 0.0914. The lowest BCUT2D eigenvalue weighted by atomic mass is 10.1. The average Bonchev–Trinajstić information content (AvgIpc) is 2.26. The van der Waals surface area contributed by atoms with Gasteiger partial charge in [0.05, 0.1) is 0 Å². The molecule has 1 rings (SSSR count). The first-order valence-corrected chi connectivity index (χ1v) is 6.42. The number of carbonyl (C=O) groups is 2. The molecule has 0 unspecified atom stereocenters. The summed E-state index contributed by atoms with van der Waals surface area (Å²) in [6, 6.07) is 6.74. The van der Waals surface area contributed by atoms with Crippen LogP contribution >= 0.6 is 0 Å². The van der Waals surface area contributed by atoms with E-state index >= 15 is 0 Å². The van der Waals surface area contributed by atoms with Gasteiger partial charge in [0, 0.05) is 22.7 Å². The van der Waals surface area contributed by atoms with Gasteiger partial charge in [0.25, 0.3) is 11.8 Å². The molecule has 0 radical (unpaired) electrons. The van der Waals surface area contributed by atoms with E-state index in [-0.39, 0.29) is 23.4 Å². The van der Waals surface area contributed by atoms with Crippen molar-refractivity contribution in [3.63, 3.8) is 0 Å². The van der Waals surface area contributed by atoms with Crippen LogP contribution in [0, 0.1) is 0 Å². The molecule has 0 aliphatic rings. The zero-order valence-corrected chi connectivity index (χ0v) is 12.2. The molecule has 104 valence electrons. The van der Waals surface area contributed by atoms with Crippen LogP contribution in [0.2, 0.25) is 0 Å². The Morgan fingerprint density at radius 1 is 0.947 bits per heavy atom. The Hall–Kier alpha value is -1.84. The van der Waals surface area contributed by atoms with E-state index in [0.717, 1.165) is 0 Å². The minimum absolute atomic E-state index is 0.0939. The summed E-state index contributed by atoms with van der Waals surface area (Å²) in [6.45, 7) is 9.59. The number of rotatable bonds is 3. The molecular weight excluding hydrogens is 240 g/mol. The second-order valence-electron chi connectivity index (χ2n) is 5.91. The largest absolute Gasteiger partial charge is 0.350 e. The molecule has 0 saturated heterocycles. The molecular formula is C15H22N2O2. The predicted octanol–water partition coefficient (Wildman–Crippen LogP) is 2.35. The molecule has 0 bridgehead atoms. The molecule has 0 saturated carbocycles. The molecule has 0 aromatic heterocycles. The van der Waals surface area contributed by atoms with Crippen molar-refractivity contribution in [2.24, 2.45) is 0 Å². The third kappa shape index (κ3) is 5.12. The van der Waals surface area contributed by atoms with Crippen molar-refractivity contribution in [3.05, 3.63) is 35.4 Å². The van der Waals surface area contributed by atoms with Gasteiger partial charge in [-0.1, -0.05) is 0 Å². The number of benzene rings is 1. The van der Waals surface area contributed by atoms with Crippen LogP contribution < -0.4 is 10.6 Å². The summed E-state index contributed by atoms with van der Waals surface area (Å²) < 4.78 is 0. The Balaban J connectivity index is 2.76. The first-order chi connectivity index (χ1) is 8.69. The highest BCUT2D eigenvalue weighted by Gasteiger charge is 2.15. The van der Waals surface area contributed by atoms with Gasteiger partial charge in [0.1, 0.15) is 0 Å². The maximum absolute atomic E-state index is 11.9. The standard InChI is InChI=1S/C15H22N2O2/c1-10(2)16-13(18)11-6-8-12(9-7-11)14(19)17-15(3,4)5/h6-10H,1-5H3,(H,16,18)(H,17,19). The molecule has 0 aliphatic carbocycles. The van der Waals surface area contributed by atoms with E-state index in [1.165, 1.54) is 0 Å². The van der Waals surface area contributed by atoms with Crippen LogP contribution in [0.25, 0.3) is 0 Å². The first kappa shape index (κ1) is 15.2. The molecule has 4 heteroatoms. The minimum Gasteiger partial charge on any atom is -0.350 e. The zero-order chi connectivity index (χ0) is 14.6. The Labute approximate surface area is 114 Å². The summed E-state index contributed by atoms with van der Waals surface area (Å²) in [5.74, 6) is -0.263. The number of carbonyl (C=O) groups excluding carboxylic acids is 2. The fourth-order valence-corrected chi connectivity index (χ4v) is 1.53. The highest BCUT2D eigenvalue weighted by Crippen LogP contribution is 2.07. The summed E-state index contributed by atoms with van der Waals surface area (Å²) in [5.41, 5.74) is 0.835. The predicted molar refractivity (Wildman–Crippen MR) is 76.3 cm³/mol. The van der Waals surface area contributed by atoms with E-state index < -0.39 is 0 Å². The second-order valence-corrected chi connectivity index (χ2v) is 5.91. The Kier molecular flexibility index (Phi) is 4.70. The van der Waals surface area contributed by atoms with Gasteiger partial charge in [0.15, 0.2) is 0 Å². The molecule has 1 aromatic rings. The molecule has 0 fully saturated rings. The second kappa shape index (κ2) is 5.87. The van der Waals surface area contributed by atoms with E-state index in [9.17, 15) is 9.59 Å². The van der Waals surface area contributed by atoms with Gasteiger partial charge in [-0.15, -0.1) is 0 Å². The van der Waals surface area contributed by atoms with Gasteiger partial charge in [-0.3, -0.25) is 9.59 Å². The Bertz CT molecular complexity index is 456. The third-order valence-electron chi connectivity index (χ3n) is 2.32. The third-order valence-corrected chi connectivity index (χ3v) is 2.32. The van der Waals surface area contributed by atoms with Crippen LogP contribution in [0.15, 0.2) is 24.3 Å². The maximum Gasteiger partial charge on any atom is 0.251 e. The van der Waals surface area contributed by atoms with E-state index in [0.29, 0.717) is 11.1 Å². The van der Waals surface area contributed by atoms with E-state index in [1.54, 1.807) is 24.3 Å². The highest BCUT2D eigenvalue weighted by atomic mass is 16.2. The number of hydrogen-bond donors (Lipinski definition) is 2. The summed E-state index contributed by atoms with van der Waals surface area (Å²) in [7, 11) is 0. The van der Waals surface area contributed by atoms with Crippen molar-refractivity contribution in [1.29, 1.82) is 0 Å². The highest BCUT2D eigenvalue weighted by molar-refractivity contribution is 5.98. The van der Waals surface area contributed by atoms with Crippen molar-refractivity contribution in [2.45, 2.75) is 46.2 Å². The van der Waals surface area contributed by atoms with Crippen LogP contribution in [0.3, 0.4) is 0 Å². The fourth-order valence-electron chi connectivity index (χ4n) is 1.53. The van der Waals surface area contributed by atoms with Gasteiger partial charge in [-0.2, -0.15) is 0 Å². The van der Waals surface area contributed by atoms with Crippen molar-refractivity contribution in [2.75, 3.05) is 0 Å². The SMILES string of the molecule is CC(C)NC(=O)c1ccc(C(=O)NC(C)(C)C)cc1. The van der Waals surface area contributed by atoms with Gasteiger partial charge in [-0.25, -0.2) is 0 Å². The Morgan fingerprint density at radius 3 is 1.74 bits per heavy atom. The molecule has 1 aromatic carbocycles. The van der Waals surface area contributed by atoms with Gasteiger partial charge < -0.3 is 10.6 Å². The smallest absolute Gasteiger partial charge is 0.251 e. The van der Waals surface area contributed by atoms with Gasteiger partial charge in [-0.05, 0) is 58.9 Å². The summed E-state index contributed by atoms with van der Waals surface area (Å²) in [4.78, 5) is 23.7. The average molecular weight is 262 g/mol. The van der Waals surface area contributed by atoms with E-state index in [2.05, 4.69) is 10.6 Å². The van der Waals surface area contributed by atoms with Crippen LogP contribution in [0.5, 0.6) is 0 Å². The summed E-state index contributed by atoms with van der Waals surface area (Å²) in [6.07, 6.45) is 0. The Morgan fingerprint density at radius 2 is 1.37 bits per heavy atom. The fraction of sp³-hybridized carbons (Fsp3) is 0.467. The normalized spacial score (nSPS) is 11.3. The lowest BCUT2D eigenvalue weighted by Crippen LogP contribution is -2.40. The molecule has 0 heterocycles. The molecule has 0 spiro atoms. The van der Waals surface area contributed by atoms with Gasteiger partial charge >= 0.3 is 0 Å². The van der Waals surface area contributed by atoms with E-state index in [4.69, 9.17) is 0 Å². The molecule has 4 nitrogen and oxygen atoms in total. The van der Waals surface area contributed by atoms with Crippen LogP contribution in [-0.4, -0.2) is 23.4 Å². The number of hydrogen-bond acceptors (Lipinski definition) is 2. The number of nitrogens with one attached hydrogen (secondary N) is 2. The minimum atomic E-state index is -0.273. The topological polar surface area (TPSA) is 58.2 Å². The molecule has 0 atom stereocenters. The first-order valence-electron chi connectivity index (χ1n) is 6.42. The van der Waals surface area contributed by atoms with Crippen LogP contribution in [-0.2, 0) is 0 Å². The molecule has 2 N–H and O–H groups in total. The maximum atomic E-state index is 11.9. The van der Waals surface area contributed by atoms with Crippen molar-refractivity contribution in [3.8, 4) is 0 Å². The lowest BCUT2D eigenvalue weighted by Gasteiger charge is -2.20. The number of amides is 2. The molecule has 0 aliphatic heterocycles. The quantitative estimate of drug-likeness (QED) is 0.878. The summed E-state index contributed by atoms with van der Waals surface area (Å²) in [5, 5.41) is 5.68. The van der Waals surface area contributed by atoms with Crippen molar-refractivity contribution in [1.82, 2.24) is 10.6 Å². The van der Waals surface area contributed by atoms with E-state index in [1.807, 2.05) is 34.6 Å². The molecule has 19 heavy (non-hydrogen) atoms.